The summed E-state index contributed by atoms with van der Waals surface area (Å²) in [5.41, 5.74) is 2.08. The molecule has 1 atom stereocenters. The Labute approximate surface area is 180 Å². The molecule has 1 N–H and O–H groups in total. The summed E-state index contributed by atoms with van der Waals surface area (Å²) in [6.45, 7) is 2.45. The van der Waals surface area contributed by atoms with E-state index in [2.05, 4.69) is 25.5 Å². The third kappa shape index (κ3) is 3.59. The average molecular weight is 441 g/mol. The lowest BCUT2D eigenvalue weighted by Crippen LogP contribution is -2.32. The SMILES string of the molecule is Cc1ccn2ncc(C(=O)NC3CCCn4nc(-c5ccnc(C(F)(F)F)c5)cc43)c2n1. The first-order valence-electron chi connectivity index (χ1n) is 10.0. The number of hydrogen-bond acceptors (Lipinski definition) is 5. The van der Waals surface area contributed by atoms with Gasteiger partial charge in [-0.15, -0.1) is 0 Å². The highest BCUT2D eigenvalue weighted by atomic mass is 19.4. The Kier molecular flexibility index (Phi) is 4.68. The molecule has 0 fully saturated rings. The Morgan fingerprint density at radius 2 is 2.09 bits per heavy atom. The molecule has 0 aromatic carbocycles. The first-order valence-corrected chi connectivity index (χ1v) is 10.0. The molecular formula is C21H18F3N7O. The number of amides is 1. The zero-order valence-electron chi connectivity index (χ0n) is 17.0. The fourth-order valence-electron chi connectivity index (χ4n) is 3.87. The largest absolute Gasteiger partial charge is 0.433 e. The first kappa shape index (κ1) is 20.2. The maximum atomic E-state index is 13.0. The Morgan fingerprint density at radius 3 is 2.91 bits per heavy atom. The van der Waals surface area contributed by atoms with Gasteiger partial charge in [-0.2, -0.15) is 23.4 Å². The van der Waals surface area contributed by atoms with Crippen LogP contribution in [-0.4, -0.2) is 35.3 Å². The smallest absolute Gasteiger partial charge is 0.344 e. The minimum atomic E-state index is -4.54. The molecule has 5 heterocycles. The molecule has 1 amide bonds. The van der Waals surface area contributed by atoms with E-state index >= 15 is 0 Å². The van der Waals surface area contributed by atoms with Crippen LogP contribution in [0.4, 0.5) is 13.2 Å². The predicted molar refractivity (Wildman–Crippen MR) is 108 cm³/mol. The van der Waals surface area contributed by atoms with Crippen molar-refractivity contribution >= 4 is 11.6 Å². The van der Waals surface area contributed by atoms with E-state index in [1.54, 1.807) is 23.0 Å². The van der Waals surface area contributed by atoms with Crippen molar-refractivity contribution in [3.05, 3.63) is 65.5 Å². The summed E-state index contributed by atoms with van der Waals surface area (Å²) < 4.78 is 42.4. The average Bonchev–Trinajstić information content (AvgIpc) is 3.38. The summed E-state index contributed by atoms with van der Waals surface area (Å²) in [7, 11) is 0. The van der Waals surface area contributed by atoms with E-state index in [0.29, 0.717) is 35.4 Å². The molecule has 0 saturated heterocycles. The van der Waals surface area contributed by atoms with Crippen LogP contribution in [0.25, 0.3) is 16.9 Å². The van der Waals surface area contributed by atoms with Crippen LogP contribution < -0.4 is 5.32 Å². The van der Waals surface area contributed by atoms with Gasteiger partial charge in [0.25, 0.3) is 5.91 Å². The van der Waals surface area contributed by atoms with E-state index in [-0.39, 0.29) is 11.9 Å². The van der Waals surface area contributed by atoms with Crippen molar-refractivity contribution in [2.45, 2.75) is 38.5 Å². The van der Waals surface area contributed by atoms with Gasteiger partial charge in [0.15, 0.2) is 5.65 Å². The molecule has 32 heavy (non-hydrogen) atoms. The fraction of sp³-hybridized carbons (Fsp3) is 0.286. The van der Waals surface area contributed by atoms with Crippen molar-refractivity contribution in [1.82, 2.24) is 34.7 Å². The van der Waals surface area contributed by atoms with Crippen molar-refractivity contribution in [2.75, 3.05) is 0 Å². The number of rotatable bonds is 3. The van der Waals surface area contributed by atoms with Gasteiger partial charge in [-0.25, -0.2) is 9.50 Å². The summed E-state index contributed by atoms with van der Waals surface area (Å²) in [5, 5.41) is 11.6. The molecular weight excluding hydrogens is 423 g/mol. The van der Waals surface area contributed by atoms with Gasteiger partial charge in [-0.1, -0.05) is 0 Å². The molecule has 0 spiro atoms. The number of nitrogens with one attached hydrogen (secondary N) is 1. The molecule has 0 saturated carbocycles. The second kappa shape index (κ2) is 7.43. The van der Waals surface area contributed by atoms with Gasteiger partial charge in [0.2, 0.25) is 0 Å². The highest BCUT2D eigenvalue weighted by molar-refractivity contribution is 5.99. The van der Waals surface area contributed by atoms with Crippen LogP contribution in [0, 0.1) is 6.92 Å². The van der Waals surface area contributed by atoms with Crippen molar-refractivity contribution in [3.63, 3.8) is 0 Å². The van der Waals surface area contributed by atoms with Gasteiger partial charge in [0.05, 0.1) is 23.6 Å². The quantitative estimate of drug-likeness (QED) is 0.525. The van der Waals surface area contributed by atoms with Crippen molar-refractivity contribution in [1.29, 1.82) is 0 Å². The lowest BCUT2D eigenvalue weighted by Gasteiger charge is -2.24. The van der Waals surface area contributed by atoms with Gasteiger partial charge >= 0.3 is 6.18 Å². The van der Waals surface area contributed by atoms with Gasteiger partial charge in [0, 0.05) is 30.2 Å². The van der Waals surface area contributed by atoms with Crippen LogP contribution >= 0.6 is 0 Å². The van der Waals surface area contributed by atoms with E-state index in [1.807, 2.05) is 6.92 Å². The normalized spacial score (nSPS) is 16.2. The second-order valence-corrected chi connectivity index (χ2v) is 7.67. The zero-order valence-corrected chi connectivity index (χ0v) is 17.0. The summed E-state index contributed by atoms with van der Waals surface area (Å²) in [5.74, 6) is -0.317. The first-order chi connectivity index (χ1) is 15.3. The minimum Gasteiger partial charge on any atom is -0.344 e. The van der Waals surface area contributed by atoms with Crippen LogP contribution in [0.15, 0.2) is 42.9 Å². The third-order valence-electron chi connectivity index (χ3n) is 5.44. The predicted octanol–water partition coefficient (Wildman–Crippen LogP) is 3.58. The number of hydrogen-bond donors (Lipinski definition) is 1. The number of aromatic nitrogens is 6. The molecule has 1 unspecified atom stereocenters. The standard InChI is InChI=1S/C21H18F3N7O/c1-12-5-8-31-19(27-12)14(11-26-31)20(32)28-15-3-2-7-30-17(15)10-16(29-30)13-4-6-25-18(9-13)21(22,23)24/h4-6,8-11,15H,2-3,7H2,1H3,(H,28,32). The fourth-order valence-corrected chi connectivity index (χ4v) is 3.87. The molecule has 11 heteroatoms. The Balaban J connectivity index is 1.44. The number of nitrogens with zero attached hydrogens (tertiary/aromatic N) is 6. The number of fused-ring (bicyclic) bond motifs is 2. The Morgan fingerprint density at radius 1 is 1.25 bits per heavy atom. The number of halogens is 3. The molecule has 5 rings (SSSR count). The van der Waals surface area contributed by atoms with Crippen LogP contribution in [0.3, 0.4) is 0 Å². The van der Waals surface area contributed by atoms with E-state index < -0.39 is 11.9 Å². The lowest BCUT2D eigenvalue weighted by atomic mass is 10.0. The summed E-state index contributed by atoms with van der Waals surface area (Å²) >= 11 is 0. The summed E-state index contributed by atoms with van der Waals surface area (Å²) in [4.78, 5) is 20.8. The Bertz CT molecular complexity index is 1320. The van der Waals surface area contributed by atoms with E-state index in [1.165, 1.54) is 16.8 Å². The van der Waals surface area contributed by atoms with Crippen LogP contribution in [0.5, 0.6) is 0 Å². The van der Waals surface area contributed by atoms with Crippen molar-refractivity contribution in [2.24, 2.45) is 0 Å². The van der Waals surface area contributed by atoms with E-state index in [9.17, 15) is 18.0 Å². The molecule has 1 aliphatic rings. The molecule has 0 radical (unpaired) electrons. The highest BCUT2D eigenvalue weighted by Crippen LogP contribution is 2.33. The maximum absolute atomic E-state index is 13.0. The number of pyridine rings is 1. The van der Waals surface area contributed by atoms with E-state index in [4.69, 9.17) is 0 Å². The topological polar surface area (TPSA) is 90.0 Å². The molecule has 164 valence electrons. The number of carbonyl (C=O) groups is 1. The number of aryl methyl sites for hydroxylation is 2. The van der Waals surface area contributed by atoms with Gasteiger partial charge in [-0.3, -0.25) is 14.5 Å². The molecule has 4 aromatic heterocycles. The summed E-state index contributed by atoms with van der Waals surface area (Å²) in [6.07, 6.45) is 1.25. The molecule has 1 aliphatic heterocycles. The van der Waals surface area contributed by atoms with Gasteiger partial charge in [0.1, 0.15) is 11.3 Å². The number of carbonyl (C=O) groups excluding carboxylic acids is 1. The highest BCUT2D eigenvalue weighted by Gasteiger charge is 2.33. The molecule has 4 aromatic rings. The maximum Gasteiger partial charge on any atom is 0.433 e. The monoisotopic (exact) mass is 441 g/mol. The van der Waals surface area contributed by atoms with Crippen LogP contribution in [-0.2, 0) is 12.7 Å². The second-order valence-electron chi connectivity index (χ2n) is 7.67. The molecule has 0 aliphatic carbocycles. The Hall–Kier alpha value is -3.76. The van der Waals surface area contributed by atoms with E-state index in [0.717, 1.165) is 30.1 Å². The van der Waals surface area contributed by atoms with Crippen LogP contribution in [0.2, 0.25) is 0 Å². The summed E-state index contributed by atoms with van der Waals surface area (Å²) in [6, 6.07) is 5.66. The van der Waals surface area contributed by atoms with Gasteiger partial charge < -0.3 is 5.32 Å². The van der Waals surface area contributed by atoms with Crippen LogP contribution in [0.1, 0.15) is 46.3 Å². The van der Waals surface area contributed by atoms with Crippen molar-refractivity contribution in [3.8, 4) is 11.3 Å². The third-order valence-corrected chi connectivity index (χ3v) is 5.44. The van der Waals surface area contributed by atoms with Gasteiger partial charge in [-0.05, 0) is 44.0 Å². The van der Waals surface area contributed by atoms with Crippen molar-refractivity contribution < 1.29 is 18.0 Å². The molecule has 8 nitrogen and oxygen atoms in total. The zero-order chi connectivity index (χ0) is 22.5. The minimum absolute atomic E-state index is 0.317. The molecule has 0 bridgehead atoms. The number of alkyl halides is 3. The lowest BCUT2D eigenvalue weighted by molar-refractivity contribution is -0.141.